The largest absolute Gasteiger partial charge is 0.467 e. The third-order valence-corrected chi connectivity index (χ3v) is 5.22. The summed E-state index contributed by atoms with van der Waals surface area (Å²) in [7, 11) is 3.05. The number of esters is 1. The molecule has 182 valence electrons. The lowest BCUT2D eigenvalue weighted by molar-refractivity contribution is -0.143. The van der Waals surface area contributed by atoms with E-state index in [4.69, 9.17) is 33.2 Å². The van der Waals surface area contributed by atoms with E-state index in [-0.39, 0.29) is 31.9 Å². The Balaban J connectivity index is 1.95. The molecule has 8 nitrogen and oxygen atoms in total. The zero-order valence-corrected chi connectivity index (χ0v) is 20.0. The van der Waals surface area contributed by atoms with Gasteiger partial charge in [-0.3, -0.25) is 0 Å². The van der Waals surface area contributed by atoms with Crippen LogP contribution in [0, 0.1) is 0 Å². The molecule has 1 fully saturated rings. The Morgan fingerprint density at radius 3 is 2.58 bits per heavy atom. The molecule has 2 aliphatic heterocycles. The Morgan fingerprint density at radius 1 is 1.06 bits per heavy atom. The predicted molar refractivity (Wildman–Crippen MR) is 122 cm³/mol. The summed E-state index contributed by atoms with van der Waals surface area (Å²) in [6.45, 7) is 5.73. The van der Waals surface area contributed by atoms with Crippen LogP contribution in [-0.2, 0) is 23.7 Å². The van der Waals surface area contributed by atoms with Crippen LogP contribution in [0.15, 0.2) is 30.4 Å². The molecule has 33 heavy (non-hydrogen) atoms. The summed E-state index contributed by atoms with van der Waals surface area (Å²) in [5, 5.41) is 0. The van der Waals surface area contributed by atoms with Gasteiger partial charge in [-0.1, -0.05) is 24.3 Å². The van der Waals surface area contributed by atoms with Crippen molar-refractivity contribution in [2.24, 2.45) is 0 Å². The van der Waals surface area contributed by atoms with Crippen LogP contribution < -0.4 is 9.47 Å². The Labute approximate surface area is 195 Å². The minimum Gasteiger partial charge on any atom is -0.467 e. The Kier molecular flexibility index (Phi) is 8.91. The average molecular weight is 463 g/mol. The van der Waals surface area contributed by atoms with Gasteiger partial charge in [0.15, 0.2) is 19.4 Å². The summed E-state index contributed by atoms with van der Waals surface area (Å²) in [4.78, 5) is 13.2. The summed E-state index contributed by atoms with van der Waals surface area (Å²) < 4.78 is 39.2. The van der Waals surface area contributed by atoms with E-state index in [1.54, 1.807) is 12.1 Å². The molecule has 1 aromatic rings. The maximum Gasteiger partial charge on any atom is 0.342 e. The van der Waals surface area contributed by atoms with Crippen LogP contribution in [0.5, 0.6) is 11.5 Å². The SMILES string of the molecule is COCOc1cc2c(c(OCOC)c1)C(=O)O[C@@H](C)CC=C[C@H]1OC(C)(C)O[C@H]1CCC=C2. The summed E-state index contributed by atoms with van der Waals surface area (Å²) in [5.74, 6) is -0.287. The van der Waals surface area contributed by atoms with E-state index in [0.29, 0.717) is 29.0 Å². The number of fused-ring (bicyclic) bond motifs is 2. The third-order valence-electron chi connectivity index (χ3n) is 5.22. The van der Waals surface area contributed by atoms with Crippen LogP contribution in [0.4, 0.5) is 0 Å². The molecule has 0 amide bonds. The summed E-state index contributed by atoms with van der Waals surface area (Å²) >= 11 is 0. The van der Waals surface area contributed by atoms with Crippen molar-refractivity contribution in [2.75, 3.05) is 27.8 Å². The van der Waals surface area contributed by atoms with Gasteiger partial charge in [-0.15, -0.1) is 0 Å². The molecule has 0 N–H and O–H groups in total. The second kappa shape index (κ2) is 11.7. The third kappa shape index (κ3) is 7.04. The van der Waals surface area contributed by atoms with Crippen LogP contribution in [0.3, 0.4) is 0 Å². The fourth-order valence-electron chi connectivity index (χ4n) is 3.82. The number of rotatable bonds is 6. The number of ether oxygens (including phenoxy) is 7. The zero-order valence-electron chi connectivity index (χ0n) is 20.0. The van der Waals surface area contributed by atoms with Crippen molar-refractivity contribution in [1.29, 1.82) is 0 Å². The van der Waals surface area contributed by atoms with Crippen LogP contribution in [0.2, 0.25) is 0 Å². The first-order valence-corrected chi connectivity index (χ1v) is 11.1. The van der Waals surface area contributed by atoms with Gasteiger partial charge in [0.2, 0.25) is 0 Å². The Bertz CT molecular complexity index is 860. The van der Waals surface area contributed by atoms with Gasteiger partial charge < -0.3 is 33.2 Å². The monoisotopic (exact) mass is 462 g/mol. The molecule has 0 unspecified atom stereocenters. The Morgan fingerprint density at radius 2 is 1.82 bits per heavy atom. The first-order chi connectivity index (χ1) is 15.8. The molecule has 2 aliphatic rings. The van der Waals surface area contributed by atoms with Gasteiger partial charge in [0.25, 0.3) is 0 Å². The van der Waals surface area contributed by atoms with Crippen LogP contribution >= 0.6 is 0 Å². The fraction of sp³-hybridized carbons (Fsp3) is 0.560. The molecule has 1 saturated heterocycles. The number of carbonyl (C=O) groups excluding carboxylic acids is 1. The highest BCUT2D eigenvalue weighted by Gasteiger charge is 2.39. The summed E-state index contributed by atoms with van der Waals surface area (Å²) in [6.07, 6.45) is 9.36. The van der Waals surface area contributed by atoms with Gasteiger partial charge in [-0.25, -0.2) is 4.79 Å². The normalized spacial score (nSPS) is 25.0. The van der Waals surface area contributed by atoms with E-state index < -0.39 is 11.8 Å². The molecule has 0 aromatic heterocycles. The molecule has 0 radical (unpaired) electrons. The molecule has 3 atom stereocenters. The maximum absolute atomic E-state index is 13.2. The summed E-state index contributed by atoms with van der Waals surface area (Å²) in [6, 6.07) is 3.40. The first kappa shape index (κ1) is 25.2. The second-order valence-electron chi connectivity index (χ2n) is 8.49. The van der Waals surface area contributed by atoms with Gasteiger partial charge in [0, 0.05) is 26.7 Å². The van der Waals surface area contributed by atoms with Gasteiger partial charge in [-0.2, -0.15) is 0 Å². The number of allylic oxidation sites excluding steroid dienone is 1. The lowest BCUT2D eigenvalue weighted by Gasteiger charge is -2.18. The van der Waals surface area contributed by atoms with Gasteiger partial charge in [0.1, 0.15) is 29.3 Å². The molecule has 3 rings (SSSR count). The number of cyclic esters (lactones) is 1. The molecule has 0 bridgehead atoms. The van der Waals surface area contributed by atoms with Crippen molar-refractivity contribution in [3.63, 3.8) is 0 Å². The van der Waals surface area contributed by atoms with Crippen molar-refractivity contribution in [1.82, 2.24) is 0 Å². The molecule has 0 aliphatic carbocycles. The number of benzene rings is 1. The minimum absolute atomic E-state index is 0.0222. The van der Waals surface area contributed by atoms with Gasteiger partial charge in [0.05, 0.1) is 6.10 Å². The van der Waals surface area contributed by atoms with Crippen LogP contribution in [0.25, 0.3) is 6.08 Å². The van der Waals surface area contributed by atoms with Gasteiger partial charge in [-0.05, 0) is 45.2 Å². The predicted octanol–water partition coefficient (Wildman–Crippen LogP) is 4.47. The molecule has 8 heteroatoms. The quantitative estimate of drug-likeness (QED) is 0.348. The number of carbonyl (C=O) groups is 1. The molecular formula is C25H34O8. The summed E-state index contributed by atoms with van der Waals surface area (Å²) in [5.41, 5.74) is 0.945. The number of hydrogen-bond donors (Lipinski definition) is 0. The Hall–Kier alpha value is -2.39. The van der Waals surface area contributed by atoms with Crippen molar-refractivity contribution < 1.29 is 38.0 Å². The molecule has 2 heterocycles. The second-order valence-corrected chi connectivity index (χ2v) is 8.49. The molecular weight excluding hydrogens is 428 g/mol. The van der Waals surface area contributed by atoms with E-state index in [1.807, 2.05) is 45.1 Å². The average Bonchev–Trinajstić information content (AvgIpc) is 3.06. The number of methoxy groups -OCH3 is 2. The molecule has 1 aromatic carbocycles. The first-order valence-electron chi connectivity index (χ1n) is 11.1. The van der Waals surface area contributed by atoms with Gasteiger partial charge >= 0.3 is 5.97 Å². The fourth-order valence-corrected chi connectivity index (χ4v) is 3.82. The topological polar surface area (TPSA) is 81.7 Å². The van der Waals surface area contributed by atoms with Crippen molar-refractivity contribution >= 4 is 12.0 Å². The highest BCUT2D eigenvalue weighted by Crippen LogP contribution is 2.34. The van der Waals surface area contributed by atoms with E-state index >= 15 is 0 Å². The van der Waals surface area contributed by atoms with E-state index in [9.17, 15) is 4.79 Å². The lowest BCUT2D eigenvalue weighted by atomic mass is 10.0. The molecule has 0 spiro atoms. The van der Waals surface area contributed by atoms with E-state index in [2.05, 4.69) is 0 Å². The minimum atomic E-state index is -0.636. The highest BCUT2D eigenvalue weighted by atomic mass is 16.7. The zero-order chi connectivity index (χ0) is 23.8. The smallest absolute Gasteiger partial charge is 0.342 e. The van der Waals surface area contributed by atoms with Crippen LogP contribution in [0.1, 0.15) is 56.0 Å². The lowest BCUT2D eigenvalue weighted by Crippen LogP contribution is -2.21. The van der Waals surface area contributed by atoms with Crippen molar-refractivity contribution in [2.45, 2.75) is 64.1 Å². The maximum atomic E-state index is 13.2. The van der Waals surface area contributed by atoms with Crippen molar-refractivity contribution in [3.8, 4) is 11.5 Å². The van der Waals surface area contributed by atoms with E-state index in [1.165, 1.54) is 14.2 Å². The highest BCUT2D eigenvalue weighted by molar-refractivity contribution is 5.97. The standard InChI is InChI=1S/C25H34O8/c1-17-9-8-12-21-20(32-25(2,3)33-21)11-7-6-10-18-13-19(29-15-27-4)14-22(30-16-28-5)23(18)24(26)31-17/h6,8,10,12-14,17,20-21H,7,9,11,15-16H2,1-5H3/t17-,20-,21+/m0/s1. The van der Waals surface area contributed by atoms with E-state index in [0.717, 1.165) is 12.8 Å². The van der Waals surface area contributed by atoms with Crippen molar-refractivity contribution in [3.05, 3.63) is 41.5 Å². The van der Waals surface area contributed by atoms with Crippen LogP contribution in [-0.4, -0.2) is 57.9 Å². The molecule has 0 saturated carbocycles. The number of hydrogen-bond acceptors (Lipinski definition) is 8.